The Morgan fingerprint density at radius 2 is 1.60 bits per heavy atom. The van der Waals surface area contributed by atoms with Crippen molar-refractivity contribution in [3.8, 4) is 11.5 Å². The topological polar surface area (TPSA) is 40.5 Å². The van der Waals surface area contributed by atoms with Crippen LogP contribution >= 0.6 is 0 Å². The third-order valence-electron chi connectivity index (χ3n) is 2.24. The van der Waals surface area contributed by atoms with Crippen LogP contribution in [0.3, 0.4) is 0 Å². The molecule has 0 amide bonds. The van der Waals surface area contributed by atoms with Crippen molar-refractivity contribution in [2.24, 2.45) is 0 Å². The number of aryl methyl sites for hydroxylation is 1. The lowest BCUT2D eigenvalue weighted by Gasteiger charge is -2.04. The summed E-state index contributed by atoms with van der Waals surface area (Å²) in [5.41, 5.74) is 0.845. The van der Waals surface area contributed by atoms with Gasteiger partial charge in [0, 0.05) is 0 Å². The molecule has 0 atom stereocenters. The van der Waals surface area contributed by atoms with E-state index in [-0.39, 0.29) is 11.5 Å². The van der Waals surface area contributed by atoms with Crippen LogP contribution < -0.4 is 0 Å². The van der Waals surface area contributed by atoms with E-state index in [0.717, 1.165) is 16.3 Å². The Bertz CT molecular complexity index is 461. The number of phenols is 2. The van der Waals surface area contributed by atoms with Crippen molar-refractivity contribution in [3.05, 3.63) is 35.9 Å². The number of benzene rings is 2. The summed E-state index contributed by atoms with van der Waals surface area (Å²) in [4.78, 5) is 0. The van der Waals surface area contributed by atoms with Gasteiger partial charge in [-0.15, -0.1) is 0 Å². The predicted octanol–water partition coefficient (Wildman–Crippen LogP) is 3.59. The molecule has 0 radical (unpaired) electrons. The highest BCUT2D eigenvalue weighted by molar-refractivity contribution is 5.88. The molecule has 0 saturated heterocycles. The van der Waals surface area contributed by atoms with Gasteiger partial charge in [-0.1, -0.05) is 26.0 Å². The van der Waals surface area contributed by atoms with Crippen molar-refractivity contribution in [1.29, 1.82) is 0 Å². The summed E-state index contributed by atoms with van der Waals surface area (Å²) in [6, 6.07) is 8.53. The first-order chi connectivity index (χ1) is 7.18. The van der Waals surface area contributed by atoms with Crippen molar-refractivity contribution in [3.63, 3.8) is 0 Å². The lowest BCUT2D eigenvalue weighted by Crippen LogP contribution is -1.79. The van der Waals surface area contributed by atoms with Gasteiger partial charge in [0.15, 0.2) is 0 Å². The maximum Gasteiger partial charge on any atom is 0.119 e. The monoisotopic (exact) mass is 204 g/mol. The van der Waals surface area contributed by atoms with Crippen LogP contribution in [0.5, 0.6) is 11.5 Å². The fourth-order valence-electron chi connectivity index (χ4n) is 1.46. The molecule has 0 aliphatic heterocycles. The van der Waals surface area contributed by atoms with E-state index in [0.29, 0.717) is 0 Å². The third-order valence-corrected chi connectivity index (χ3v) is 2.24. The third kappa shape index (κ3) is 2.21. The molecule has 2 rings (SSSR count). The second kappa shape index (κ2) is 4.69. The molecule has 0 spiro atoms. The maximum absolute atomic E-state index is 9.42. The zero-order valence-electron chi connectivity index (χ0n) is 9.28. The molecule has 80 valence electrons. The van der Waals surface area contributed by atoms with Crippen LogP contribution in [-0.2, 0) is 0 Å². The summed E-state index contributed by atoms with van der Waals surface area (Å²) in [6.07, 6.45) is 0. The second-order valence-corrected chi connectivity index (χ2v) is 3.12. The van der Waals surface area contributed by atoms with Crippen LogP contribution in [0.2, 0.25) is 0 Å². The van der Waals surface area contributed by atoms with Crippen LogP contribution in [0, 0.1) is 6.92 Å². The minimum Gasteiger partial charge on any atom is -0.508 e. The smallest absolute Gasteiger partial charge is 0.119 e. The summed E-state index contributed by atoms with van der Waals surface area (Å²) in [5.74, 6) is 0.538. The van der Waals surface area contributed by atoms with Gasteiger partial charge in [-0.05, 0) is 41.5 Å². The number of rotatable bonds is 0. The molecule has 0 aliphatic carbocycles. The van der Waals surface area contributed by atoms with E-state index in [1.165, 1.54) is 0 Å². The molecule has 0 aliphatic rings. The second-order valence-electron chi connectivity index (χ2n) is 3.12. The number of hydrogen-bond acceptors (Lipinski definition) is 2. The van der Waals surface area contributed by atoms with E-state index < -0.39 is 0 Å². The average Bonchev–Trinajstić information content (AvgIpc) is 2.26. The van der Waals surface area contributed by atoms with Crippen molar-refractivity contribution < 1.29 is 10.2 Å². The molecule has 2 heteroatoms. The first kappa shape index (κ1) is 11.4. The summed E-state index contributed by atoms with van der Waals surface area (Å²) in [7, 11) is 0. The van der Waals surface area contributed by atoms with Crippen LogP contribution in [0.15, 0.2) is 30.3 Å². The van der Waals surface area contributed by atoms with Crippen molar-refractivity contribution >= 4 is 10.8 Å². The lowest BCUT2D eigenvalue weighted by molar-refractivity contribution is 0.471. The highest BCUT2D eigenvalue weighted by Crippen LogP contribution is 2.28. The van der Waals surface area contributed by atoms with Crippen LogP contribution in [0.25, 0.3) is 10.8 Å². The number of aromatic hydroxyl groups is 2. The normalized spacial score (nSPS) is 9.53. The van der Waals surface area contributed by atoms with Gasteiger partial charge in [-0.3, -0.25) is 0 Å². The molecule has 2 nitrogen and oxygen atoms in total. The standard InChI is InChI=1S/C11H10O2.C2H6/c1-7-10-4-3-9(12)6-8(10)2-5-11(7)13;1-2/h2-6,12-13H,1H3;1-2H3. The summed E-state index contributed by atoms with van der Waals surface area (Å²) in [6.45, 7) is 5.86. The largest absolute Gasteiger partial charge is 0.508 e. The Kier molecular flexibility index (Phi) is 3.56. The first-order valence-electron chi connectivity index (χ1n) is 5.10. The van der Waals surface area contributed by atoms with Crippen molar-refractivity contribution in [2.45, 2.75) is 20.8 Å². The van der Waals surface area contributed by atoms with E-state index in [2.05, 4.69) is 0 Å². The molecule has 0 bridgehead atoms. The summed E-state index contributed by atoms with van der Waals surface area (Å²) in [5, 5.41) is 20.6. The van der Waals surface area contributed by atoms with Gasteiger partial charge < -0.3 is 10.2 Å². The number of phenolic OH excluding ortho intramolecular Hbond substituents is 2. The van der Waals surface area contributed by atoms with E-state index in [4.69, 9.17) is 0 Å². The summed E-state index contributed by atoms with van der Waals surface area (Å²) < 4.78 is 0. The van der Waals surface area contributed by atoms with Crippen LogP contribution in [0.1, 0.15) is 19.4 Å². The SMILES string of the molecule is CC.Cc1c(O)ccc2cc(O)ccc12. The Morgan fingerprint density at radius 1 is 0.933 bits per heavy atom. The molecule has 2 N–H and O–H groups in total. The Morgan fingerprint density at radius 3 is 2.27 bits per heavy atom. The molecule has 0 heterocycles. The Labute approximate surface area is 89.8 Å². The van der Waals surface area contributed by atoms with Crippen LogP contribution in [0.4, 0.5) is 0 Å². The minimum atomic E-state index is 0.248. The van der Waals surface area contributed by atoms with E-state index in [9.17, 15) is 10.2 Å². The van der Waals surface area contributed by atoms with Gasteiger partial charge in [0.05, 0.1) is 0 Å². The van der Waals surface area contributed by atoms with Gasteiger partial charge in [0.1, 0.15) is 11.5 Å². The highest BCUT2D eigenvalue weighted by Gasteiger charge is 2.01. The summed E-state index contributed by atoms with van der Waals surface area (Å²) >= 11 is 0. The molecule has 15 heavy (non-hydrogen) atoms. The lowest BCUT2D eigenvalue weighted by atomic mass is 10.0. The quantitative estimate of drug-likeness (QED) is 0.688. The maximum atomic E-state index is 9.42. The zero-order valence-corrected chi connectivity index (χ0v) is 9.28. The molecular formula is C13H16O2. The van der Waals surface area contributed by atoms with Crippen LogP contribution in [-0.4, -0.2) is 10.2 Å². The van der Waals surface area contributed by atoms with Gasteiger partial charge in [-0.25, -0.2) is 0 Å². The number of hydrogen-bond donors (Lipinski definition) is 2. The highest BCUT2D eigenvalue weighted by atomic mass is 16.3. The predicted molar refractivity (Wildman–Crippen MR) is 63.4 cm³/mol. The van der Waals surface area contributed by atoms with Gasteiger partial charge >= 0.3 is 0 Å². The Balaban J connectivity index is 0.000000531. The molecule has 0 saturated carbocycles. The zero-order chi connectivity index (χ0) is 11.4. The fraction of sp³-hybridized carbons (Fsp3) is 0.231. The van der Waals surface area contributed by atoms with Crippen molar-refractivity contribution in [1.82, 2.24) is 0 Å². The van der Waals surface area contributed by atoms with E-state index in [1.807, 2.05) is 20.8 Å². The number of fused-ring (bicyclic) bond motifs is 1. The molecule has 2 aromatic carbocycles. The average molecular weight is 204 g/mol. The molecule has 0 aromatic heterocycles. The van der Waals surface area contributed by atoms with E-state index >= 15 is 0 Å². The van der Waals surface area contributed by atoms with Gasteiger partial charge in [0.25, 0.3) is 0 Å². The molecule has 0 unspecified atom stereocenters. The Hall–Kier alpha value is -1.70. The fourth-order valence-corrected chi connectivity index (χ4v) is 1.46. The minimum absolute atomic E-state index is 0.248. The van der Waals surface area contributed by atoms with Crippen molar-refractivity contribution in [2.75, 3.05) is 0 Å². The van der Waals surface area contributed by atoms with E-state index in [1.54, 1.807) is 30.3 Å². The van der Waals surface area contributed by atoms with Gasteiger partial charge in [0.2, 0.25) is 0 Å². The molecule has 2 aromatic rings. The molecular weight excluding hydrogens is 188 g/mol. The first-order valence-corrected chi connectivity index (χ1v) is 5.10. The molecule has 0 fully saturated rings. The van der Waals surface area contributed by atoms with Gasteiger partial charge in [-0.2, -0.15) is 0 Å².